The first kappa shape index (κ1) is 16.4. The molecule has 1 aliphatic heterocycles. The van der Waals surface area contributed by atoms with Crippen molar-refractivity contribution < 1.29 is 18.5 Å². The Balaban J connectivity index is 1.44. The summed E-state index contributed by atoms with van der Waals surface area (Å²) in [4.78, 5) is 18.7. The molecule has 4 rings (SSSR count). The van der Waals surface area contributed by atoms with Crippen LogP contribution in [0.1, 0.15) is 35.1 Å². The number of furan rings is 1. The Kier molecular flexibility index (Phi) is 4.43. The summed E-state index contributed by atoms with van der Waals surface area (Å²) >= 11 is 0. The van der Waals surface area contributed by atoms with Gasteiger partial charge in [0, 0.05) is 19.0 Å². The van der Waals surface area contributed by atoms with E-state index in [2.05, 4.69) is 10.1 Å². The molecule has 0 radical (unpaired) electrons. The third kappa shape index (κ3) is 3.08. The largest absolute Gasteiger partial charge is 0.496 e. The maximum Gasteiger partial charge on any atom is 0.289 e. The Morgan fingerprint density at radius 1 is 1.19 bits per heavy atom. The third-order valence-corrected chi connectivity index (χ3v) is 4.66. The van der Waals surface area contributed by atoms with E-state index in [1.807, 2.05) is 24.3 Å². The summed E-state index contributed by atoms with van der Waals surface area (Å²) in [5.74, 6) is 2.30. The summed E-state index contributed by atoms with van der Waals surface area (Å²) in [6.45, 7) is 1.28. The molecule has 1 saturated heterocycles. The van der Waals surface area contributed by atoms with Crippen LogP contribution in [0.3, 0.4) is 0 Å². The number of benzene rings is 1. The Hall–Kier alpha value is -3.09. The molecule has 7 heteroatoms. The molecule has 3 aromatic rings. The normalized spacial score (nSPS) is 15.2. The lowest BCUT2D eigenvalue weighted by atomic mass is 9.96. The first-order valence-electron chi connectivity index (χ1n) is 8.56. The smallest absolute Gasteiger partial charge is 0.289 e. The second-order valence-electron chi connectivity index (χ2n) is 6.20. The van der Waals surface area contributed by atoms with Crippen molar-refractivity contribution >= 4 is 5.91 Å². The molecule has 7 nitrogen and oxygen atoms in total. The predicted octanol–water partition coefficient (Wildman–Crippen LogP) is 3.36. The summed E-state index contributed by atoms with van der Waals surface area (Å²) in [6, 6.07) is 11.0. The maximum absolute atomic E-state index is 12.3. The van der Waals surface area contributed by atoms with E-state index >= 15 is 0 Å². The SMILES string of the molecule is COc1ccccc1-c1nc(C2CCN(C(=O)c3ccco3)CC2)no1. The van der Waals surface area contributed by atoms with Gasteiger partial charge in [0.05, 0.1) is 18.9 Å². The van der Waals surface area contributed by atoms with Gasteiger partial charge in [0.2, 0.25) is 0 Å². The zero-order valence-corrected chi connectivity index (χ0v) is 14.4. The van der Waals surface area contributed by atoms with Crippen molar-refractivity contribution in [1.29, 1.82) is 0 Å². The number of methoxy groups -OCH3 is 1. The van der Waals surface area contributed by atoms with Crippen LogP contribution in [0.15, 0.2) is 51.6 Å². The molecule has 1 aromatic carbocycles. The third-order valence-electron chi connectivity index (χ3n) is 4.66. The van der Waals surface area contributed by atoms with Crippen molar-refractivity contribution in [3.8, 4) is 17.2 Å². The molecular weight excluding hydrogens is 334 g/mol. The monoisotopic (exact) mass is 353 g/mol. The van der Waals surface area contributed by atoms with Gasteiger partial charge in [-0.15, -0.1) is 0 Å². The van der Waals surface area contributed by atoms with E-state index in [1.54, 1.807) is 24.1 Å². The second-order valence-corrected chi connectivity index (χ2v) is 6.20. The van der Waals surface area contributed by atoms with Crippen LogP contribution in [0.2, 0.25) is 0 Å². The highest BCUT2D eigenvalue weighted by molar-refractivity contribution is 5.91. The van der Waals surface area contributed by atoms with Crippen molar-refractivity contribution in [3.63, 3.8) is 0 Å². The molecule has 0 atom stereocenters. The molecule has 1 fully saturated rings. The van der Waals surface area contributed by atoms with Gasteiger partial charge in [0.1, 0.15) is 5.75 Å². The molecule has 0 aliphatic carbocycles. The fourth-order valence-electron chi connectivity index (χ4n) is 3.23. The topological polar surface area (TPSA) is 81.6 Å². The first-order chi connectivity index (χ1) is 12.8. The summed E-state index contributed by atoms with van der Waals surface area (Å²) in [6.07, 6.45) is 3.09. The molecular formula is C19H19N3O4. The van der Waals surface area contributed by atoms with Crippen LogP contribution in [0.5, 0.6) is 5.75 Å². The average Bonchev–Trinajstić information content (AvgIpc) is 3.39. The fraction of sp³-hybridized carbons (Fsp3) is 0.316. The van der Waals surface area contributed by atoms with Gasteiger partial charge in [-0.1, -0.05) is 17.3 Å². The molecule has 0 N–H and O–H groups in total. The lowest BCUT2D eigenvalue weighted by molar-refractivity contribution is 0.0678. The fourth-order valence-corrected chi connectivity index (χ4v) is 3.23. The van der Waals surface area contributed by atoms with Crippen LogP contribution in [0, 0.1) is 0 Å². The van der Waals surface area contributed by atoms with E-state index in [1.165, 1.54) is 6.26 Å². The van der Waals surface area contributed by atoms with Gasteiger partial charge in [-0.25, -0.2) is 0 Å². The van der Waals surface area contributed by atoms with E-state index in [-0.39, 0.29) is 11.8 Å². The minimum absolute atomic E-state index is 0.0729. The molecule has 0 saturated carbocycles. The number of hydrogen-bond acceptors (Lipinski definition) is 6. The minimum Gasteiger partial charge on any atom is -0.496 e. The van der Waals surface area contributed by atoms with E-state index in [0.29, 0.717) is 36.3 Å². The number of amides is 1. The standard InChI is InChI=1S/C19H19N3O4/c1-24-15-6-3-2-5-14(15)18-20-17(21-26-18)13-8-10-22(11-9-13)19(23)16-7-4-12-25-16/h2-7,12-13H,8-11H2,1H3. The number of carbonyl (C=O) groups excluding carboxylic acids is 1. The number of likely N-dealkylation sites (tertiary alicyclic amines) is 1. The number of rotatable bonds is 4. The molecule has 3 heterocycles. The highest BCUT2D eigenvalue weighted by Crippen LogP contribution is 2.32. The van der Waals surface area contributed by atoms with Gasteiger partial charge in [0.15, 0.2) is 11.6 Å². The van der Waals surface area contributed by atoms with Gasteiger partial charge in [-0.05, 0) is 37.1 Å². The van der Waals surface area contributed by atoms with E-state index in [0.717, 1.165) is 18.4 Å². The van der Waals surface area contributed by atoms with Gasteiger partial charge in [-0.3, -0.25) is 4.79 Å². The highest BCUT2D eigenvalue weighted by Gasteiger charge is 2.28. The first-order valence-corrected chi connectivity index (χ1v) is 8.56. The molecule has 1 aliphatic rings. The molecule has 1 amide bonds. The predicted molar refractivity (Wildman–Crippen MR) is 92.9 cm³/mol. The number of aromatic nitrogens is 2. The van der Waals surface area contributed by atoms with E-state index in [4.69, 9.17) is 13.7 Å². The Morgan fingerprint density at radius 2 is 2.00 bits per heavy atom. The van der Waals surface area contributed by atoms with Gasteiger partial charge < -0.3 is 18.6 Å². The Labute approximate surface area is 150 Å². The van der Waals surface area contributed by atoms with Crippen LogP contribution in [-0.4, -0.2) is 41.1 Å². The van der Waals surface area contributed by atoms with E-state index in [9.17, 15) is 4.79 Å². The van der Waals surface area contributed by atoms with Gasteiger partial charge in [-0.2, -0.15) is 4.98 Å². The van der Waals surface area contributed by atoms with Crippen molar-refractivity contribution in [2.75, 3.05) is 20.2 Å². The lowest BCUT2D eigenvalue weighted by Gasteiger charge is -2.29. The zero-order valence-electron chi connectivity index (χ0n) is 14.4. The number of nitrogens with zero attached hydrogens (tertiary/aromatic N) is 3. The average molecular weight is 353 g/mol. The highest BCUT2D eigenvalue weighted by atomic mass is 16.5. The van der Waals surface area contributed by atoms with Crippen LogP contribution in [-0.2, 0) is 0 Å². The maximum atomic E-state index is 12.3. The molecule has 2 aromatic heterocycles. The molecule has 26 heavy (non-hydrogen) atoms. The summed E-state index contributed by atoms with van der Waals surface area (Å²) in [5, 5.41) is 4.15. The Morgan fingerprint density at radius 3 is 2.73 bits per heavy atom. The second kappa shape index (κ2) is 7.03. The van der Waals surface area contributed by atoms with Crippen LogP contribution in [0.4, 0.5) is 0 Å². The van der Waals surface area contributed by atoms with Gasteiger partial charge in [0.25, 0.3) is 11.8 Å². The molecule has 0 bridgehead atoms. The summed E-state index contributed by atoms with van der Waals surface area (Å²) in [5.41, 5.74) is 0.777. The Bertz CT molecular complexity index is 880. The van der Waals surface area contributed by atoms with Crippen molar-refractivity contribution in [2.24, 2.45) is 0 Å². The van der Waals surface area contributed by atoms with Crippen LogP contribution in [0.25, 0.3) is 11.5 Å². The van der Waals surface area contributed by atoms with Crippen molar-refractivity contribution in [2.45, 2.75) is 18.8 Å². The molecule has 134 valence electrons. The summed E-state index contributed by atoms with van der Waals surface area (Å²) < 4.78 is 16.0. The van der Waals surface area contributed by atoms with Crippen molar-refractivity contribution in [3.05, 3.63) is 54.2 Å². The number of para-hydroxylation sites is 1. The zero-order chi connectivity index (χ0) is 17.9. The number of hydrogen-bond donors (Lipinski definition) is 0. The number of piperidine rings is 1. The summed E-state index contributed by atoms with van der Waals surface area (Å²) in [7, 11) is 1.61. The molecule has 0 spiro atoms. The van der Waals surface area contributed by atoms with Crippen molar-refractivity contribution in [1.82, 2.24) is 15.0 Å². The quantitative estimate of drug-likeness (QED) is 0.715. The van der Waals surface area contributed by atoms with Crippen LogP contribution >= 0.6 is 0 Å². The lowest BCUT2D eigenvalue weighted by Crippen LogP contribution is -2.37. The minimum atomic E-state index is -0.0729. The molecule has 0 unspecified atom stereocenters. The van der Waals surface area contributed by atoms with Gasteiger partial charge >= 0.3 is 0 Å². The van der Waals surface area contributed by atoms with E-state index < -0.39 is 0 Å². The number of carbonyl (C=O) groups is 1. The van der Waals surface area contributed by atoms with Crippen LogP contribution < -0.4 is 4.74 Å². The number of ether oxygens (including phenoxy) is 1.